The van der Waals surface area contributed by atoms with E-state index >= 15 is 0 Å². The molecular weight excluding hydrogens is 456 g/mol. The van der Waals surface area contributed by atoms with Crippen LogP contribution in [0.2, 0.25) is 5.02 Å². The van der Waals surface area contributed by atoms with Gasteiger partial charge in [-0.2, -0.15) is 0 Å². The number of halogens is 1. The number of benzene rings is 2. The minimum absolute atomic E-state index is 0.294. The maximum Gasteiger partial charge on any atom is 0.151 e. The van der Waals surface area contributed by atoms with E-state index in [-0.39, 0.29) is 0 Å². The van der Waals surface area contributed by atoms with Crippen molar-refractivity contribution in [3.8, 4) is 11.8 Å². The van der Waals surface area contributed by atoms with E-state index in [9.17, 15) is 0 Å². The normalized spacial score (nSPS) is 15.5. The molecule has 0 aliphatic carbocycles. The smallest absolute Gasteiger partial charge is 0.151 e. The summed E-state index contributed by atoms with van der Waals surface area (Å²) in [5, 5.41) is 7.51. The number of aromatic nitrogens is 2. The lowest BCUT2D eigenvalue weighted by molar-refractivity contribution is 0.749. The minimum atomic E-state index is 0.294. The number of rotatable bonds is 4. The highest BCUT2D eigenvalue weighted by atomic mass is 35.5. The summed E-state index contributed by atoms with van der Waals surface area (Å²) in [6.07, 6.45) is 3.89. The highest BCUT2D eigenvalue weighted by Gasteiger charge is 2.12. The highest BCUT2D eigenvalue weighted by molar-refractivity contribution is 7.99. The largest absolute Gasteiger partial charge is 0.339 e. The first-order valence-corrected chi connectivity index (χ1v) is 12.5. The zero-order valence-electron chi connectivity index (χ0n) is 17.5. The molecule has 1 fully saturated rings. The van der Waals surface area contributed by atoms with Crippen LogP contribution in [0.5, 0.6) is 0 Å². The standard InChI is InChI=1S/C25H21ClN4S2/c1-16-4-2-6-19(12-16)31-23-10-8-18(13-21(23)26)30-25-24-22(28-15-29-25)14-20(32-24)9-7-17-5-3-11-27-17/h2,4,6,8,10,12-15,17,27H,3,5,11H2,1H3,(H,28,29,30)/t17-/m0/s1. The second-order valence-electron chi connectivity index (χ2n) is 7.65. The number of hydrogen-bond acceptors (Lipinski definition) is 6. The van der Waals surface area contributed by atoms with Crippen LogP contribution < -0.4 is 10.6 Å². The van der Waals surface area contributed by atoms with Gasteiger partial charge in [-0.25, -0.2) is 9.97 Å². The molecule has 4 aromatic rings. The summed E-state index contributed by atoms with van der Waals surface area (Å²) in [6, 6.07) is 16.7. The molecule has 0 spiro atoms. The molecule has 0 radical (unpaired) electrons. The third kappa shape index (κ3) is 4.92. The number of hydrogen-bond donors (Lipinski definition) is 2. The van der Waals surface area contributed by atoms with Crippen molar-refractivity contribution in [2.24, 2.45) is 0 Å². The SMILES string of the molecule is Cc1cccc(Sc2ccc(Nc3ncnc4cc(C#C[C@@H]5CCCN5)sc34)cc2Cl)c1. The summed E-state index contributed by atoms with van der Waals surface area (Å²) in [4.78, 5) is 12.1. The number of nitrogens with zero attached hydrogens (tertiary/aromatic N) is 2. The monoisotopic (exact) mass is 476 g/mol. The lowest BCUT2D eigenvalue weighted by atomic mass is 10.2. The van der Waals surface area contributed by atoms with Gasteiger partial charge in [-0.05, 0) is 62.7 Å². The molecule has 1 aliphatic rings. The molecule has 4 nitrogen and oxygen atoms in total. The van der Waals surface area contributed by atoms with E-state index in [1.54, 1.807) is 29.4 Å². The molecule has 2 aromatic carbocycles. The van der Waals surface area contributed by atoms with Crippen LogP contribution >= 0.6 is 34.7 Å². The van der Waals surface area contributed by atoms with Crippen molar-refractivity contribution in [1.82, 2.24) is 15.3 Å². The Morgan fingerprint density at radius 3 is 2.94 bits per heavy atom. The fourth-order valence-corrected chi connectivity index (χ4v) is 5.73. The van der Waals surface area contributed by atoms with Gasteiger partial charge in [0, 0.05) is 15.5 Å². The lowest BCUT2D eigenvalue weighted by Crippen LogP contribution is -2.18. The Morgan fingerprint density at radius 1 is 1.19 bits per heavy atom. The summed E-state index contributed by atoms with van der Waals surface area (Å²) >= 11 is 9.87. The molecule has 2 N–H and O–H groups in total. The highest BCUT2D eigenvalue weighted by Crippen LogP contribution is 2.36. The van der Waals surface area contributed by atoms with Crippen molar-refractivity contribution in [2.75, 3.05) is 11.9 Å². The Labute approximate surface area is 200 Å². The lowest BCUT2D eigenvalue weighted by Gasteiger charge is -2.10. The summed E-state index contributed by atoms with van der Waals surface area (Å²) in [7, 11) is 0. The zero-order chi connectivity index (χ0) is 21.9. The van der Waals surface area contributed by atoms with E-state index in [0.29, 0.717) is 11.1 Å². The summed E-state index contributed by atoms with van der Waals surface area (Å²) in [5.74, 6) is 7.39. The maximum atomic E-state index is 6.60. The van der Waals surface area contributed by atoms with E-state index in [4.69, 9.17) is 11.6 Å². The third-order valence-corrected chi connectivity index (χ3v) is 7.69. The molecule has 7 heteroatoms. The van der Waals surface area contributed by atoms with E-state index in [2.05, 4.69) is 63.6 Å². The second kappa shape index (κ2) is 9.51. The Bertz CT molecular complexity index is 1330. The molecule has 0 bridgehead atoms. The minimum Gasteiger partial charge on any atom is -0.339 e. The van der Waals surface area contributed by atoms with Crippen molar-refractivity contribution in [3.05, 3.63) is 70.3 Å². The molecule has 0 saturated carbocycles. The van der Waals surface area contributed by atoms with Crippen LogP contribution in [-0.2, 0) is 0 Å². The van der Waals surface area contributed by atoms with Gasteiger partial charge in [-0.3, -0.25) is 0 Å². The maximum absolute atomic E-state index is 6.60. The van der Waals surface area contributed by atoms with Gasteiger partial charge < -0.3 is 10.6 Å². The topological polar surface area (TPSA) is 49.8 Å². The molecule has 3 heterocycles. The number of anilines is 2. The van der Waals surface area contributed by atoms with E-state index < -0.39 is 0 Å². The van der Waals surface area contributed by atoms with Crippen LogP contribution in [0, 0.1) is 18.8 Å². The summed E-state index contributed by atoms with van der Waals surface area (Å²) < 4.78 is 0.991. The Balaban J connectivity index is 1.36. The number of fused-ring (bicyclic) bond motifs is 1. The number of thiophene rings is 1. The molecule has 0 unspecified atom stereocenters. The van der Waals surface area contributed by atoms with Gasteiger partial charge >= 0.3 is 0 Å². The molecule has 160 valence electrons. The van der Waals surface area contributed by atoms with Gasteiger partial charge in [-0.1, -0.05) is 52.9 Å². The molecule has 0 amide bonds. The second-order valence-corrected chi connectivity index (χ2v) is 10.2. The fraction of sp³-hybridized carbons (Fsp3) is 0.200. The van der Waals surface area contributed by atoms with Crippen LogP contribution in [0.3, 0.4) is 0 Å². The molecule has 5 rings (SSSR count). The average Bonchev–Trinajstić information content (AvgIpc) is 3.44. The Hall–Kier alpha value is -2.56. The summed E-state index contributed by atoms with van der Waals surface area (Å²) in [6.45, 7) is 3.14. The molecule has 1 saturated heterocycles. The van der Waals surface area contributed by atoms with Gasteiger partial charge in [0.1, 0.15) is 6.33 Å². The fourth-order valence-electron chi connectivity index (χ4n) is 3.57. The molecule has 32 heavy (non-hydrogen) atoms. The average molecular weight is 477 g/mol. The number of nitrogens with one attached hydrogen (secondary N) is 2. The Morgan fingerprint density at radius 2 is 2.12 bits per heavy atom. The van der Waals surface area contributed by atoms with E-state index in [0.717, 1.165) is 44.5 Å². The molecule has 1 aliphatic heterocycles. The quantitative estimate of drug-likeness (QED) is 0.323. The zero-order valence-corrected chi connectivity index (χ0v) is 19.9. The van der Waals surface area contributed by atoms with Crippen molar-refractivity contribution < 1.29 is 0 Å². The van der Waals surface area contributed by atoms with Crippen molar-refractivity contribution in [2.45, 2.75) is 35.6 Å². The summed E-state index contributed by atoms with van der Waals surface area (Å²) in [5.41, 5.74) is 3.02. The van der Waals surface area contributed by atoms with Gasteiger partial charge in [0.2, 0.25) is 0 Å². The van der Waals surface area contributed by atoms with Crippen LogP contribution in [0.15, 0.2) is 64.6 Å². The Kier molecular flexibility index (Phi) is 6.33. The third-order valence-electron chi connectivity index (χ3n) is 5.15. The van der Waals surface area contributed by atoms with E-state index in [1.165, 1.54) is 16.9 Å². The number of aryl methyl sites for hydroxylation is 1. The first-order valence-electron chi connectivity index (χ1n) is 10.4. The van der Waals surface area contributed by atoms with Crippen LogP contribution in [0.25, 0.3) is 10.2 Å². The van der Waals surface area contributed by atoms with Crippen LogP contribution in [0.1, 0.15) is 23.3 Å². The van der Waals surface area contributed by atoms with Gasteiger partial charge in [0.25, 0.3) is 0 Å². The van der Waals surface area contributed by atoms with Crippen molar-refractivity contribution >= 4 is 56.4 Å². The van der Waals surface area contributed by atoms with Crippen molar-refractivity contribution in [3.63, 3.8) is 0 Å². The predicted molar refractivity (Wildman–Crippen MR) is 135 cm³/mol. The van der Waals surface area contributed by atoms with Crippen molar-refractivity contribution in [1.29, 1.82) is 0 Å². The molecular formula is C25H21ClN4S2. The van der Waals surface area contributed by atoms with Crippen LogP contribution in [0.4, 0.5) is 11.5 Å². The molecule has 2 aromatic heterocycles. The van der Waals surface area contributed by atoms with Crippen LogP contribution in [-0.4, -0.2) is 22.6 Å². The van der Waals surface area contributed by atoms with Gasteiger partial charge in [0.05, 0.1) is 26.2 Å². The van der Waals surface area contributed by atoms with Gasteiger partial charge in [-0.15, -0.1) is 11.3 Å². The molecule has 1 atom stereocenters. The first-order chi connectivity index (χ1) is 15.6. The van der Waals surface area contributed by atoms with Gasteiger partial charge in [0.15, 0.2) is 5.82 Å². The first kappa shape index (κ1) is 21.3. The predicted octanol–water partition coefficient (Wildman–Crippen LogP) is 6.65. The van der Waals surface area contributed by atoms with E-state index in [1.807, 2.05) is 24.3 Å².